The summed E-state index contributed by atoms with van der Waals surface area (Å²) in [5.74, 6) is -1.75. The van der Waals surface area contributed by atoms with Gasteiger partial charge < -0.3 is 0 Å². The third-order valence-corrected chi connectivity index (χ3v) is 15.1. The maximum absolute atomic E-state index is 14.1. The Labute approximate surface area is 465 Å². The highest BCUT2D eigenvalue weighted by atomic mass is 19.4. The zero-order valence-corrected chi connectivity index (χ0v) is 42.6. The average Bonchev–Trinajstić information content (AvgIpc) is 4.37. The van der Waals surface area contributed by atoms with Crippen molar-refractivity contribution in [1.82, 2.24) is 19.9 Å². The smallest absolute Gasteiger partial charge is 0.253 e. The van der Waals surface area contributed by atoms with Crippen molar-refractivity contribution < 1.29 is 22.0 Å². The second-order valence-corrected chi connectivity index (χ2v) is 19.5. The molecule has 386 valence electrons. The summed E-state index contributed by atoms with van der Waals surface area (Å²) in [7, 11) is 0. The molecule has 2 aromatic heterocycles. The van der Waals surface area contributed by atoms with Gasteiger partial charge in [-0.15, -0.1) is 4.95 Å². The Morgan fingerprint density at radius 1 is 0.458 bits per heavy atom. The summed E-state index contributed by atoms with van der Waals surface area (Å²) in [4.78, 5) is 32.2. The number of allylic oxidation sites excluding steroid dienone is 2. The molecule has 0 saturated carbocycles. The number of hydrogen-bond acceptors (Lipinski definition) is 9. The van der Waals surface area contributed by atoms with Crippen LogP contribution in [0.15, 0.2) is 168 Å². The third kappa shape index (κ3) is 7.89. The fourth-order valence-corrected chi connectivity index (χ4v) is 11.5. The molecular weight excluding hydrogens is 1060 g/mol. The number of nitriles is 3. The molecule has 0 bridgehead atoms. The Morgan fingerprint density at radius 3 is 1.30 bits per heavy atom. The lowest BCUT2D eigenvalue weighted by Gasteiger charge is -2.12. The predicted molar refractivity (Wildman–Crippen MR) is 303 cm³/mol. The number of nitrogens with zero attached hydrogens (tertiary/aromatic N) is 12. The van der Waals surface area contributed by atoms with Crippen LogP contribution in [0.3, 0.4) is 0 Å². The number of alkyl halides is 3. The van der Waals surface area contributed by atoms with E-state index in [2.05, 4.69) is 44.7 Å². The van der Waals surface area contributed by atoms with E-state index in [1.165, 1.54) is 12.1 Å². The van der Waals surface area contributed by atoms with Crippen LogP contribution in [-0.4, -0.2) is 19.9 Å². The Morgan fingerprint density at radius 2 is 0.855 bits per heavy atom. The SMILES string of the molecule is [C-]#[N+]/C(C#N)=C1/c2cc(-c3ccc(F)c(C(F)(F)F)c3)ccc2-c2cc3c(cc21)-c1ccc(-c2ccc(F)c(C)c2)cc1/C3=C(/C#N)[N+]#[C-].[C-]#[N+]/N=c1\c2cc3nccnc3cc2c2cc3c(=NC#N)c4cc5nccnc5cc4c3cc12. The second kappa shape index (κ2) is 19.0. The van der Waals surface area contributed by atoms with E-state index < -0.39 is 17.6 Å². The van der Waals surface area contributed by atoms with Crippen LogP contribution in [0.5, 0.6) is 0 Å². The predicted octanol–water partition coefficient (Wildman–Crippen LogP) is 15.2. The Balaban J connectivity index is 0.000000165. The fraction of sp³-hybridized carbons (Fsp3) is 0.0303. The van der Waals surface area contributed by atoms with Crippen LogP contribution in [0.4, 0.5) is 22.0 Å². The van der Waals surface area contributed by atoms with Gasteiger partial charge in [0.2, 0.25) is 6.19 Å². The van der Waals surface area contributed by atoms with E-state index in [1.54, 1.807) is 74.2 Å². The van der Waals surface area contributed by atoms with E-state index >= 15 is 0 Å². The molecule has 17 heteroatoms. The number of benzene rings is 8. The van der Waals surface area contributed by atoms with Gasteiger partial charge in [0, 0.05) is 57.5 Å². The van der Waals surface area contributed by atoms with Gasteiger partial charge in [-0.2, -0.15) is 30.0 Å². The molecule has 0 amide bonds. The molecule has 0 aliphatic heterocycles. The van der Waals surface area contributed by atoms with Crippen molar-refractivity contribution >= 4 is 76.3 Å². The van der Waals surface area contributed by atoms with E-state index in [1.807, 2.05) is 72.9 Å². The minimum absolute atomic E-state index is 0.0951. The maximum atomic E-state index is 14.1. The first kappa shape index (κ1) is 50.4. The molecule has 0 atom stereocenters. The highest BCUT2D eigenvalue weighted by Crippen LogP contribution is 2.55. The zero-order chi connectivity index (χ0) is 57.6. The Kier molecular flexibility index (Phi) is 11.6. The maximum Gasteiger partial charge on any atom is 0.419 e. The standard InChI is InChI=1S/C40H17F5N4.C26H10N8/c1-20-12-21(6-10-34(20)41)22-4-8-25-27-16-32-28(17-31(27)38(29(25)13-22)36(18-46)48-2)26-9-5-23(14-30(26)39(32)37(19-47)49-3)24-7-11-35(42)33(15-24)40(43,44)45;1-28-34-26-18-7-13-15-8-21-23(31-4-2-29-21)10-19(15)25(33-12-27)17(13)6-14(18)16-9-22-24(11-20(16)26)32-5-3-30-22/h4-17H,1H3;2-11H/b38-36+,39-37-;33-25?,34-26-. The highest BCUT2D eigenvalue weighted by molar-refractivity contribution is 6.23. The van der Waals surface area contributed by atoms with Crippen LogP contribution in [0.2, 0.25) is 0 Å². The van der Waals surface area contributed by atoms with Crippen LogP contribution in [0.25, 0.3) is 135 Å². The number of hydrogen-bond donors (Lipinski definition) is 0. The van der Waals surface area contributed by atoms with Crippen LogP contribution >= 0.6 is 0 Å². The minimum atomic E-state index is -4.91. The lowest BCUT2D eigenvalue weighted by atomic mass is 9.95. The van der Waals surface area contributed by atoms with Crippen molar-refractivity contribution in [2.24, 2.45) is 10.1 Å². The van der Waals surface area contributed by atoms with Crippen LogP contribution in [0.1, 0.15) is 33.4 Å². The van der Waals surface area contributed by atoms with Gasteiger partial charge in [0.05, 0.1) is 63.4 Å². The fourth-order valence-electron chi connectivity index (χ4n) is 11.5. The van der Waals surface area contributed by atoms with Gasteiger partial charge in [0.1, 0.15) is 11.6 Å². The van der Waals surface area contributed by atoms with Crippen LogP contribution in [-0.2, 0) is 6.18 Å². The number of fused-ring (bicyclic) bond motifs is 14. The zero-order valence-electron chi connectivity index (χ0n) is 42.6. The van der Waals surface area contributed by atoms with Gasteiger partial charge in [-0.25, -0.2) is 29.0 Å². The Bertz CT molecular complexity index is 5260. The third-order valence-electron chi connectivity index (χ3n) is 15.1. The van der Waals surface area contributed by atoms with Crippen molar-refractivity contribution in [2.45, 2.75) is 13.1 Å². The summed E-state index contributed by atoms with van der Waals surface area (Å²) in [5.41, 5.74) is 8.95. The van der Waals surface area contributed by atoms with E-state index in [0.717, 1.165) is 88.4 Å². The van der Waals surface area contributed by atoms with Crippen LogP contribution < -0.4 is 10.7 Å². The number of aryl methyl sites for hydroxylation is 1. The molecule has 83 heavy (non-hydrogen) atoms. The molecular formula is C66H27F5N12. The van der Waals surface area contributed by atoms with Gasteiger partial charge >= 0.3 is 6.18 Å². The topological polar surface area (TPSA) is 161 Å². The first-order valence-corrected chi connectivity index (χ1v) is 25.0. The molecule has 0 spiro atoms. The monoisotopic (exact) mass is 1080 g/mol. The number of rotatable bonds is 2. The lowest BCUT2D eigenvalue weighted by molar-refractivity contribution is -0.139. The minimum Gasteiger partial charge on any atom is -0.253 e. The first-order chi connectivity index (χ1) is 40.2. The molecule has 2 aliphatic carbocycles. The summed E-state index contributed by atoms with van der Waals surface area (Å²) >= 11 is 0. The summed E-state index contributed by atoms with van der Waals surface area (Å²) in [6, 6.07) is 37.2. The number of halogens is 5. The van der Waals surface area contributed by atoms with Crippen molar-refractivity contribution in [2.75, 3.05) is 0 Å². The molecule has 14 rings (SSSR count). The summed E-state index contributed by atoms with van der Waals surface area (Å²) < 4.78 is 68.7. The van der Waals surface area contributed by atoms with E-state index in [4.69, 9.17) is 19.7 Å². The van der Waals surface area contributed by atoms with Crippen molar-refractivity contribution in [3.63, 3.8) is 0 Å². The Hall–Kier alpha value is -12.2. The quantitative estimate of drug-likeness (QED) is 0.0547. The lowest BCUT2D eigenvalue weighted by Crippen LogP contribution is -2.08. The molecule has 10 aromatic carbocycles. The summed E-state index contributed by atoms with van der Waals surface area (Å²) in [6.45, 7) is 24.6. The molecule has 2 heterocycles. The largest absolute Gasteiger partial charge is 0.419 e. The highest BCUT2D eigenvalue weighted by Gasteiger charge is 2.36. The van der Waals surface area contributed by atoms with Gasteiger partial charge in [0.25, 0.3) is 11.4 Å². The number of aromatic nitrogens is 4. The summed E-state index contributed by atoms with van der Waals surface area (Å²) in [6.07, 6.45) is 3.63. The molecule has 2 aliphatic rings. The van der Waals surface area contributed by atoms with Crippen molar-refractivity contribution in [3.05, 3.63) is 248 Å². The van der Waals surface area contributed by atoms with E-state index in [-0.39, 0.29) is 28.3 Å². The van der Waals surface area contributed by atoms with Gasteiger partial charge in [-0.3, -0.25) is 19.9 Å². The molecule has 0 unspecified atom stereocenters. The molecule has 12 aromatic rings. The average molecular weight is 1080 g/mol. The van der Waals surface area contributed by atoms with Gasteiger partial charge in [0.15, 0.2) is 5.36 Å². The molecule has 0 radical (unpaired) electrons. The van der Waals surface area contributed by atoms with Gasteiger partial charge in [-0.1, -0.05) is 36.4 Å². The molecule has 0 saturated heterocycles. The molecule has 12 nitrogen and oxygen atoms in total. The van der Waals surface area contributed by atoms with Crippen LogP contribution in [0, 0.1) is 72.4 Å². The van der Waals surface area contributed by atoms with E-state index in [0.29, 0.717) is 71.9 Å². The van der Waals surface area contributed by atoms with Crippen molar-refractivity contribution in [1.29, 1.82) is 15.8 Å². The van der Waals surface area contributed by atoms with E-state index in [9.17, 15) is 37.7 Å². The summed E-state index contributed by atoms with van der Waals surface area (Å²) in [5, 5.41) is 41.9. The molecule has 0 fully saturated rings. The van der Waals surface area contributed by atoms with Gasteiger partial charge in [-0.05, 0) is 186 Å². The first-order valence-electron chi connectivity index (χ1n) is 25.0. The normalized spacial score (nSPS) is 13.8. The molecule has 0 N–H and O–H groups in total. The second-order valence-electron chi connectivity index (χ2n) is 19.5. The van der Waals surface area contributed by atoms with Crippen molar-refractivity contribution in [3.8, 4) is 62.8 Å².